The predicted molar refractivity (Wildman–Crippen MR) is 83.6 cm³/mol. The number of nitrogens with one attached hydrogen (secondary N) is 1. The van der Waals surface area contributed by atoms with Crippen LogP contribution >= 0.6 is 0 Å². The molecule has 1 aromatic heterocycles. The second-order valence-corrected chi connectivity index (χ2v) is 5.88. The highest BCUT2D eigenvalue weighted by molar-refractivity contribution is 5.77. The quantitative estimate of drug-likeness (QED) is 0.780. The molecule has 0 amide bonds. The van der Waals surface area contributed by atoms with Crippen LogP contribution in [0, 0.1) is 6.92 Å². The number of nitrogens with zero attached hydrogens (tertiary/aromatic N) is 1. The lowest BCUT2D eigenvalue weighted by Gasteiger charge is -2.16. The van der Waals surface area contributed by atoms with Crippen molar-refractivity contribution in [3.63, 3.8) is 0 Å². The molecule has 1 aliphatic carbocycles. The van der Waals surface area contributed by atoms with Crippen molar-refractivity contribution in [3.8, 4) is 0 Å². The van der Waals surface area contributed by atoms with E-state index < -0.39 is 0 Å². The van der Waals surface area contributed by atoms with Gasteiger partial charge < -0.3 is 4.98 Å². The van der Waals surface area contributed by atoms with Crippen LogP contribution in [0.3, 0.4) is 0 Å². The Kier molecular flexibility index (Phi) is 2.52. The number of fused-ring (bicyclic) bond motifs is 1. The number of aryl methyl sites for hydroxylation is 1. The molecule has 0 unspecified atom stereocenters. The van der Waals surface area contributed by atoms with E-state index in [1.165, 1.54) is 11.1 Å². The summed E-state index contributed by atoms with van der Waals surface area (Å²) < 4.78 is 0. The standard InChI is InChI=1S/C18H16N2O/c1-12-5-4-6-13(11-12)18(9-10-18)17-19-15-8-3-2-7-14(15)16(21)20-17/h2-8,11H,9-10H2,1H3,(H,19,20,21). The molecule has 0 radical (unpaired) electrons. The van der Waals surface area contributed by atoms with Gasteiger partial charge in [-0.3, -0.25) is 4.79 Å². The lowest BCUT2D eigenvalue weighted by atomic mass is 9.93. The van der Waals surface area contributed by atoms with Crippen LogP contribution in [0.1, 0.15) is 29.8 Å². The van der Waals surface area contributed by atoms with Crippen LogP contribution < -0.4 is 5.56 Å². The first kappa shape index (κ1) is 12.3. The minimum absolute atomic E-state index is 0.0467. The monoisotopic (exact) mass is 276 g/mol. The summed E-state index contributed by atoms with van der Waals surface area (Å²) in [7, 11) is 0. The van der Waals surface area contributed by atoms with Gasteiger partial charge in [0.15, 0.2) is 0 Å². The first-order chi connectivity index (χ1) is 10.2. The van der Waals surface area contributed by atoms with Crippen molar-refractivity contribution in [1.82, 2.24) is 9.97 Å². The maximum Gasteiger partial charge on any atom is 0.258 e. The highest BCUT2D eigenvalue weighted by atomic mass is 16.1. The van der Waals surface area contributed by atoms with Crippen molar-refractivity contribution >= 4 is 10.9 Å². The molecule has 21 heavy (non-hydrogen) atoms. The number of aromatic nitrogens is 2. The smallest absolute Gasteiger partial charge is 0.258 e. The molecule has 4 rings (SSSR count). The Morgan fingerprint density at radius 1 is 1.10 bits per heavy atom. The second-order valence-electron chi connectivity index (χ2n) is 5.88. The van der Waals surface area contributed by atoms with E-state index in [0.29, 0.717) is 5.39 Å². The molecule has 1 heterocycles. The van der Waals surface area contributed by atoms with Gasteiger partial charge in [-0.1, -0.05) is 42.0 Å². The zero-order valence-corrected chi connectivity index (χ0v) is 11.9. The average Bonchev–Trinajstić information content (AvgIpc) is 3.29. The van der Waals surface area contributed by atoms with Gasteiger partial charge >= 0.3 is 0 Å². The van der Waals surface area contributed by atoms with E-state index in [9.17, 15) is 4.79 Å². The van der Waals surface area contributed by atoms with Crippen molar-refractivity contribution in [3.05, 3.63) is 75.8 Å². The van der Waals surface area contributed by atoms with Gasteiger partial charge in [-0.2, -0.15) is 0 Å². The van der Waals surface area contributed by atoms with Gasteiger partial charge in [0.05, 0.1) is 16.3 Å². The maximum atomic E-state index is 12.3. The fourth-order valence-corrected chi connectivity index (χ4v) is 3.04. The van der Waals surface area contributed by atoms with Gasteiger partial charge in [-0.15, -0.1) is 0 Å². The minimum atomic E-state index is -0.102. The summed E-state index contributed by atoms with van der Waals surface area (Å²) in [5.41, 5.74) is 3.11. The van der Waals surface area contributed by atoms with Crippen molar-refractivity contribution in [2.45, 2.75) is 25.2 Å². The van der Waals surface area contributed by atoms with Crippen LogP contribution in [0.5, 0.6) is 0 Å². The Balaban J connectivity index is 1.92. The topological polar surface area (TPSA) is 45.8 Å². The summed E-state index contributed by atoms with van der Waals surface area (Å²) >= 11 is 0. The fourth-order valence-electron chi connectivity index (χ4n) is 3.04. The van der Waals surface area contributed by atoms with Crippen molar-refractivity contribution < 1.29 is 0 Å². The van der Waals surface area contributed by atoms with E-state index in [1.807, 2.05) is 24.3 Å². The fraction of sp³-hybridized carbons (Fsp3) is 0.222. The highest BCUT2D eigenvalue weighted by Gasteiger charge is 2.48. The zero-order chi connectivity index (χ0) is 14.4. The third-order valence-corrected chi connectivity index (χ3v) is 4.39. The largest absolute Gasteiger partial charge is 0.309 e. The molecule has 1 saturated carbocycles. The predicted octanol–water partition coefficient (Wildman–Crippen LogP) is 3.31. The molecule has 0 bridgehead atoms. The first-order valence-electron chi connectivity index (χ1n) is 7.26. The molecule has 0 aliphatic heterocycles. The SMILES string of the molecule is Cc1cccc(C2(c3nc4ccccc4c(=O)[nH]3)CC2)c1. The molecule has 0 spiro atoms. The van der Waals surface area contributed by atoms with Gasteiger partial charge in [0.2, 0.25) is 0 Å². The Bertz CT molecular complexity index is 891. The van der Waals surface area contributed by atoms with Crippen LogP contribution in [0.2, 0.25) is 0 Å². The third-order valence-electron chi connectivity index (χ3n) is 4.39. The van der Waals surface area contributed by atoms with Crippen LogP contribution in [-0.2, 0) is 5.41 Å². The second kappa shape index (κ2) is 4.29. The van der Waals surface area contributed by atoms with Crippen molar-refractivity contribution in [1.29, 1.82) is 0 Å². The number of para-hydroxylation sites is 1. The minimum Gasteiger partial charge on any atom is -0.309 e. The van der Waals surface area contributed by atoms with Crippen LogP contribution in [-0.4, -0.2) is 9.97 Å². The molecule has 3 heteroatoms. The Hall–Kier alpha value is -2.42. The molecule has 1 N–H and O–H groups in total. The number of rotatable bonds is 2. The average molecular weight is 276 g/mol. The molecule has 1 aliphatic rings. The number of hydrogen-bond donors (Lipinski definition) is 1. The molecule has 2 aromatic carbocycles. The normalized spacial score (nSPS) is 16.0. The Morgan fingerprint density at radius 3 is 2.67 bits per heavy atom. The van der Waals surface area contributed by atoms with E-state index in [2.05, 4.69) is 36.2 Å². The molecular weight excluding hydrogens is 260 g/mol. The number of hydrogen-bond acceptors (Lipinski definition) is 2. The van der Waals surface area contributed by atoms with Gasteiger partial charge in [0.25, 0.3) is 5.56 Å². The van der Waals surface area contributed by atoms with Gasteiger partial charge in [-0.25, -0.2) is 4.98 Å². The van der Waals surface area contributed by atoms with Crippen molar-refractivity contribution in [2.24, 2.45) is 0 Å². The maximum absolute atomic E-state index is 12.3. The molecule has 3 aromatic rings. The summed E-state index contributed by atoms with van der Waals surface area (Å²) in [4.78, 5) is 20.0. The number of aromatic amines is 1. The van der Waals surface area contributed by atoms with E-state index in [1.54, 1.807) is 0 Å². The number of benzene rings is 2. The van der Waals surface area contributed by atoms with Gasteiger partial charge in [-0.05, 0) is 37.5 Å². The van der Waals surface area contributed by atoms with Crippen LogP contribution in [0.25, 0.3) is 10.9 Å². The zero-order valence-electron chi connectivity index (χ0n) is 11.9. The molecule has 1 fully saturated rings. The molecule has 0 atom stereocenters. The summed E-state index contributed by atoms with van der Waals surface area (Å²) in [6.07, 6.45) is 2.08. The van der Waals surface area contributed by atoms with Gasteiger partial charge in [0.1, 0.15) is 5.82 Å². The molecule has 104 valence electrons. The molecule has 3 nitrogen and oxygen atoms in total. The molecule has 0 saturated heterocycles. The summed E-state index contributed by atoms with van der Waals surface area (Å²) in [6.45, 7) is 2.09. The summed E-state index contributed by atoms with van der Waals surface area (Å²) in [5, 5.41) is 0.654. The van der Waals surface area contributed by atoms with Crippen LogP contribution in [0.4, 0.5) is 0 Å². The Labute approximate surface area is 122 Å². The van der Waals surface area contributed by atoms with E-state index >= 15 is 0 Å². The lowest BCUT2D eigenvalue weighted by Crippen LogP contribution is -2.20. The van der Waals surface area contributed by atoms with E-state index in [4.69, 9.17) is 4.98 Å². The third kappa shape index (κ3) is 1.88. The first-order valence-corrected chi connectivity index (χ1v) is 7.26. The number of H-pyrrole nitrogens is 1. The van der Waals surface area contributed by atoms with Gasteiger partial charge in [0, 0.05) is 0 Å². The highest BCUT2D eigenvalue weighted by Crippen LogP contribution is 2.52. The Morgan fingerprint density at radius 2 is 1.90 bits per heavy atom. The summed E-state index contributed by atoms with van der Waals surface area (Å²) in [6, 6.07) is 16.0. The molecular formula is C18H16N2O. The lowest BCUT2D eigenvalue weighted by molar-refractivity contribution is 0.756. The van der Waals surface area contributed by atoms with E-state index in [-0.39, 0.29) is 11.0 Å². The van der Waals surface area contributed by atoms with E-state index in [0.717, 1.165) is 24.2 Å². The summed E-state index contributed by atoms with van der Waals surface area (Å²) in [5.74, 6) is 0.803. The van der Waals surface area contributed by atoms with Crippen LogP contribution in [0.15, 0.2) is 53.3 Å². The van der Waals surface area contributed by atoms with Crippen molar-refractivity contribution in [2.75, 3.05) is 0 Å².